The number of aromatic nitrogens is 3. The SMILES string of the molecule is CCNc1cc(NCc2cccnn2)ccn1. The fourth-order valence-corrected chi connectivity index (χ4v) is 1.44. The summed E-state index contributed by atoms with van der Waals surface area (Å²) in [5, 5.41) is 14.3. The molecule has 0 aromatic carbocycles. The number of pyridine rings is 1. The second-order valence-corrected chi connectivity index (χ2v) is 3.53. The Kier molecular flexibility index (Phi) is 3.85. The summed E-state index contributed by atoms with van der Waals surface area (Å²) in [5.41, 5.74) is 1.93. The maximum atomic E-state index is 4.21. The van der Waals surface area contributed by atoms with Crippen LogP contribution in [0.2, 0.25) is 0 Å². The van der Waals surface area contributed by atoms with E-state index < -0.39 is 0 Å². The number of hydrogen-bond donors (Lipinski definition) is 2. The first-order chi connectivity index (χ1) is 8.38. The Morgan fingerprint density at radius 2 is 2.12 bits per heavy atom. The Bertz CT molecular complexity index is 457. The van der Waals surface area contributed by atoms with Crippen LogP contribution >= 0.6 is 0 Å². The summed E-state index contributed by atoms with van der Waals surface area (Å²) in [7, 11) is 0. The molecule has 0 spiro atoms. The molecule has 0 aliphatic carbocycles. The van der Waals surface area contributed by atoms with Crippen LogP contribution in [0, 0.1) is 0 Å². The minimum absolute atomic E-state index is 0.656. The van der Waals surface area contributed by atoms with Crippen molar-refractivity contribution in [3.63, 3.8) is 0 Å². The van der Waals surface area contributed by atoms with Gasteiger partial charge in [0.05, 0.1) is 12.2 Å². The summed E-state index contributed by atoms with van der Waals surface area (Å²) in [5.74, 6) is 0.872. The Balaban J connectivity index is 1.97. The highest BCUT2D eigenvalue weighted by Crippen LogP contribution is 2.12. The molecule has 17 heavy (non-hydrogen) atoms. The first kappa shape index (κ1) is 11.3. The van der Waals surface area contributed by atoms with Gasteiger partial charge in [-0.05, 0) is 25.1 Å². The summed E-state index contributed by atoms with van der Waals surface area (Å²) in [6, 6.07) is 7.71. The molecule has 5 nitrogen and oxygen atoms in total. The van der Waals surface area contributed by atoms with Crippen LogP contribution in [-0.2, 0) is 6.54 Å². The Hall–Kier alpha value is -2.17. The van der Waals surface area contributed by atoms with Crippen LogP contribution in [0.25, 0.3) is 0 Å². The van der Waals surface area contributed by atoms with E-state index in [1.54, 1.807) is 12.4 Å². The van der Waals surface area contributed by atoms with E-state index in [0.717, 1.165) is 23.7 Å². The van der Waals surface area contributed by atoms with Crippen LogP contribution in [0.15, 0.2) is 36.7 Å². The van der Waals surface area contributed by atoms with Gasteiger partial charge in [0.15, 0.2) is 0 Å². The quantitative estimate of drug-likeness (QED) is 0.820. The number of anilines is 2. The molecule has 2 N–H and O–H groups in total. The van der Waals surface area contributed by atoms with Crippen molar-refractivity contribution in [2.45, 2.75) is 13.5 Å². The predicted octanol–water partition coefficient (Wildman–Crippen LogP) is 1.92. The van der Waals surface area contributed by atoms with E-state index in [9.17, 15) is 0 Å². The molecule has 0 unspecified atom stereocenters. The van der Waals surface area contributed by atoms with E-state index in [1.165, 1.54) is 0 Å². The van der Waals surface area contributed by atoms with Gasteiger partial charge in [-0.25, -0.2) is 4.98 Å². The van der Waals surface area contributed by atoms with Crippen molar-refractivity contribution in [2.75, 3.05) is 17.2 Å². The van der Waals surface area contributed by atoms with Gasteiger partial charge in [0, 0.05) is 30.7 Å². The first-order valence-corrected chi connectivity index (χ1v) is 5.59. The molecule has 0 atom stereocenters. The van der Waals surface area contributed by atoms with E-state index in [1.807, 2.05) is 31.2 Å². The lowest BCUT2D eigenvalue weighted by Crippen LogP contribution is -2.04. The van der Waals surface area contributed by atoms with Gasteiger partial charge in [0.25, 0.3) is 0 Å². The van der Waals surface area contributed by atoms with Crippen molar-refractivity contribution >= 4 is 11.5 Å². The number of rotatable bonds is 5. The molecule has 5 heteroatoms. The Morgan fingerprint density at radius 3 is 2.88 bits per heavy atom. The minimum atomic E-state index is 0.656. The van der Waals surface area contributed by atoms with Crippen LogP contribution in [-0.4, -0.2) is 21.7 Å². The Morgan fingerprint density at radius 1 is 1.18 bits per heavy atom. The molecule has 2 aromatic heterocycles. The van der Waals surface area contributed by atoms with Crippen molar-refractivity contribution < 1.29 is 0 Å². The highest BCUT2D eigenvalue weighted by Gasteiger charge is 1.97. The lowest BCUT2D eigenvalue weighted by molar-refractivity contribution is 0.924. The summed E-state index contributed by atoms with van der Waals surface area (Å²) >= 11 is 0. The minimum Gasteiger partial charge on any atom is -0.379 e. The summed E-state index contributed by atoms with van der Waals surface area (Å²) in [4.78, 5) is 4.21. The topological polar surface area (TPSA) is 62.7 Å². The van der Waals surface area contributed by atoms with Crippen molar-refractivity contribution in [3.05, 3.63) is 42.4 Å². The molecule has 0 amide bonds. The maximum Gasteiger partial charge on any atom is 0.127 e. The fraction of sp³-hybridized carbons (Fsp3) is 0.250. The normalized spacial score (nSPS) is 9.94. The van der Waals surface area contributed by atoms with E-state index >= 15 is 0 Å². The van der Waals surface area contributed by atoms with Gasteiger partial charge in [-0.2, -0.15) is 10.2 Å². The zero-order chi connectivity index (χ0) is 11.9. The van der Waals surface area contributed by atoms with Crippen LogP contribution < -0.4 is 10.6 Å². The molecule has 0 fully saturated rings. The van der Waals surface area contributed by atoms with Crippen LogP contribution in [0.3, 0.4) is 0 Å². The number of nitrogens with one attached hydrogen (secondary N) is 2. The maximum absolute atomic E-state index is 4.21. The lowest BCUT2D eigenvalue weighted by atomic mass is 10.3. The van der Waals surface area contributed by atoms with Gasteiger partial charge in [0.2, 0.25) is 0 Å². The third kappa shape index (κ3) is 3.41. The highest BCUT2D eigenvalue weighted by molar-refractivity contribution is 5.51. The zero-order valence-electron chi connectivity index (χ0n) is 9.72. The zero-order valence-corrected chi connectivity index (χ0v) is 9.72. The smallest absolute Gasteiger partial charge is 0.127 e. The molecule has 0 aliphatic heterocycles. The van der Waals surface area contributed by atoms with Gasteiger partial charge < -0.3 is 10.6 Å². The monoisotopic (exact) mass is 229 g/mol. The molecule has 0 saturated carbocycles. The third-order valence-corrected chi connectivity index (χ3v) is 2.22. The fourth-order valence-electron chi connectivity index (χ4n) is 1.44. The second kappa shape index (κ2) is 5.79. The number of nitrogens with zero attached hydrogens (tertiary/aromatic N) is 3. The summed E-state index contributed by atoms with van der Waals surface area (Å²) in [6.07, 6.45) is 3.44. The van der Waals surface area contributed by atoms with Crippen LogP contribution in [0.4, 0.5) is 11.5 Å². The molecule has 0 aliphatic rings. The molecular formula is C12H15N5. The average Bonchev–Trinajstić information content (AvgIpc) is 2.39. The van der Waals surface area contributed by atoms with E-state index in [2.05, 4.69) is 25.8 Å². The van der Waals surface area contributed by atoms with Gasteiger partial charge in [-0.3, -0.25) is 0 Å². The molecule has 2 heterocycles. The first-order valence-electron chi connectivity index (χ1n) is 5.59. The summed E-state index contributed by atoms with van der Waals surface area (Å²) in [6.45, 7) is 3.56. The molecule has 0 bridgehead atoms. The van der Waals surface area contributed by atoms with Crippen LogP contribution in [0.1, 0.15) is 12.6 Å². The third-order valence-electron chi connectivity index (χ3n) is 2.22. The van der Waals surface area contributed by atoms with Gasteiger partial charge in [-0.1, -0.05) is 0 Å². The van der Waals surface area contributed by atoms with Gasteiger partial charge >= 0.3 is 0 Å². The van der Waals surface area contributed by atoms with Gasteiger partial charge in [0.1, 0.15) is 5.82 Å². The van der Waals surface area contributed by atoms with Crippen molar-refractivity contribution in [1.29, 1.82) is 0 Å². The summed E-state index contributed by atoms with van der Waals surface area (Å²) < 4.78 is 0. The molecule has 0 radical (unpaired) electrons. The average molecular weight is 229 g/mol. The van der Waals surface area contributed by atoms with Crippen molar-refractivity contribution in [2.24, 2.45) is 0 Å². The van der Waals surface area contributed by atoms with Crippen molar-refractivity contribution in [3.8, 4) is 0 Å². The molecule has 0 saturated heterocycles. The molecule has 2 rings (SSSR count). The second-order valence-electron chi connectivity index (χ2n) is 3.53. The Labute approximate surface area is 100 Å². The largest absolute Gasteiger partial charge is 0.379 e. The standard InChI is InChI=1S/C12H15N5/c1-2-13-12-8-10(5-7-14-12)15-9-11-4-3-6-16-17-11/h3-8H,2,9H2,1H3,(H2,13,14,15). The van der Waals surface area contributed by atoms with Gasteiger partial charge in [-0.15, -0.1) is 0 Å². The highest BCUT2D eigenvalue weighted by atomic mass is 15.1. The molecule has 2 aromatic rings. The molecular weight excluding hydrogens is 214 g/mol. The van der Waals surface area contributed by atoms with Crippen LogP contribution in [0.5, 0.6) is 0 Å². The molecule has 88 valence electrons. The lowest BCUT2D eigenvalue weighted by Gasteiger charge is -2.07. The van der Waals surface area contributed by atoms with E-state index in [-0.39, 0.29) is 0 Å². The predicted molar refractivity (Wildman–Crippen MR) is 67.8 cm³/mol. The number of hydrogen-bond acceptors (Lipinski definition) is 5. The van der Waals surface area contributed by atoms with Crippen molar-refractivity contribution in [1.82, 2.24) is 15.2 Å². The van der Waals surface area contributed by atoms with E-state index in [4.69, 9.17) is 0 Å². The van der Waals surface area contributed by atoms with E-state index in [0.29, 0.717) is 6.54 Å².